The van der Waals surface area contributed by atoms with Crippen molar-refractivity contribution in [3.05, 3.63) is 39.5 Å². The third-order valence-corrected chi connectivity index (χ3v) is 6.25. The van der Waals surface area contributed by atoms with E-state index in [1.807, 2.05) is 30.0 Å². The number of urea groups is 1. The molecule has 150 valence electrons. The maximum atomic E-state index is 12.4. The molecule has 10 heteroatoms. The molecule has 2 amide bonds. The van der Waals surface area contributed by atoms with Crippen LogP contribution in [-0.4, -0.2) is 45.2 Å². The fourth-order valence-corrected chi connectivity index (χ4v) is 4.51. The van der Waals surface area contributed by atoms with Gasteiger partial charge in [-0.05, 0) is 24.8 Å². The molecule has 2 N–H and O–H groups in total. The molecule has 1 aliphatic rings. The van der Waals surface area contributed by atoms with Gasteiger partial charge in [0.2, 0.25) is 0 Å². The molecule has 28 heavy (non-hydrogen) atoms. The normalized spacial score (nSPS) is 16.7. The Bertz CT molecular complexity index is 876. The second-order valence-electron chi connectivity index (χ2n) is 6.17. The molecule has 1 atom stereocenters. The van der Waals surface area contributed by atoms with E-state index in [4.69, 9.17) is 4.74 Å². The summed E-state index contributed by atoms with van der Waals surface area (Å²) < 4.78 is 7.13. The zero-order valence-corrected chi connectivity index (χ0v) is 17.7. The van der Waals surface area contributed by atoms with Gasteiger partial charge in [-0.25, -0.2) is 9.59 Å². The molecule has 3 heterocycles. The summed E-state index contributed by atoms with van der Waals surface area (Å²) in [5.41, 5.74) is 1.03. The highest BCUT2D eigenvalue weighted by molar-refractivity contribution is 7.99. The largest absolute Gasteiger partial charge is 0.463 e. The Morgan fingerprint density at radius 3 is 2.89 bits per heavy atom. The van der Waals surface area contributed by atoms with Crippen LogP contribution < -0.4 is 10.6 Å². The number of aromatic nitrogens is 3. The number of hydrogen-bond donors (Lipinski definition) is 2. The number of nitrogens with one attached hydrogen (secondary N) is 2. The topological polar surface area (TPSA) is 98.1 Å². The summed E-state index contributed by atoms with van der Waals surface area (Å²) in [6, 6.07) is 3.40. The first-order valence-electron chi connectivity index (χ1n) is 9.04. The molecule has 0 bridgehead atoms. The van der Waals surface area contributed by atoms with Crippen LogP contribution in [0.5, 0.6) is 0 Å². The molecule has 0 fully saturated rings. The number of thioether (sulfide) groups is 1. The molecule has 0 aliphatic carbocycles. The van der Waals surface area contributed by atoms with Gasteiger partial charge in [0.1, 0.15) is 5.82 Å². The van der Waals surface area contributed by atoms with Gasteiger partial charge in [0.05, 0.1) is 18.2 Å². The van der Waals surface area contributed by atoms with Gasteiger partial charge in [0.25, 0.3) is 0 Å². The van der Waals surface area contributed by atoms with Gasteiger partial charge in [-0.2, -0.15) is 0 Å². The quantitative estimate of drug-likeness (QED) is 0.502. The van der Waals surface area contributed by atoms with Crippen LogP contribution in [0.2, 0.25) is 0 Å². The van der Waals surface area contributed by atoms with Gasteiger partial charge in [0.15, 0.2) is 5.16 Å². The van der Waals surface area contributed by atoms with Crippen molar-refractivity contribution < 1.29 is 14.3 Å². The Morgan fingerprint density at radius 2 is 2.21 bits per heavy atom. The Hall–Kier alpha value is -2.33. The molecule has 1 aliphatic heterocycles. The zero-order chi connectivity index (χ0) is 20.1. The third kappa shape index (κ3) is 4.56. The summed E-state index contributed by atoms with van der Waals surface area (Å²) in [7, 11) is 1.92. The van der Waals surface area contributed by atoms with E-state index in [1.165, 1.54) is 16.6 Å². The molecule has 2 aromatic rings. The van der Waals surface area contributed by atoms with Crippen LogP contribution in [0.25, 0.3) is 0 Å². The summed E-state index contributed by atoms with van der Waals surface area (Å²) >= 11 is 3.11. The molecule has 0 spiro atoms. The minimum atomic E-state index is -0.409. The van der Waals surface area contributed by atoms with Gasteiger partial charge in [0, 0.05) is 29.8 Å². The molecule has 3 rings (SSSR count). The highest BCUT2D eigenvalue weighted by atomic mass is 32.2. The van der Waals surface area contributed by atoms with E-state index in [9.17, 15) is 9.59 Å². The van der Waals surface area contributed by atoms with Gasteiger partial charge in [-0.15, -0.1) is 21.5 Å². The molecule has 0 saturated carbocycles. The van der Waals surface area contributed by atoms with Gasteiger partial charge >= 0.3 is 12.0 Å². The van der Waals surface area contributed by atoms with Crippen LogP contribution in [-0.2, 0) is 23.0 Å². The Morgan fingerprint density at radius 1 is 1.39 bits per heavy atom. The van der Waals surface area contributed by atoms with E-state index in [0.29, 0.717) is 23.4 Å². The summed E-state index contributed by atoms with van der Waals surface area (Å²) in [6.45, 7) is 3.96. The van der Waals surface area contributed by atoms with Gasteiger partial charge in [-0.3, -0.25) is 0 Å². The summed E-state index contributed by atoms with van der Waals surface area (Å²) in [5, 5.41) is 16.8. The lowest BCUT2D eigenvalue weighted by atomic mass is 10.0. The van der Waals surface area contributed by atoms with Crippen molar-refractivity contribution in [2.24, 2.45) is 7.05 Å². The van der Waals surface area contributed by atoms with E-state index in [0.717, 1.165) is 17.4 Å². The van der Waals surface area contributed by atoms with Crippen LogP contribution in [0.3, 0.4) is 0 Å². The molecule has 8 nitrogen and oxygen atoms in total. The molecule has 2 aromatic heterocycles. The fraction of sp³-hybridized carbons (Fsp3) is 0.444. The number of amides is 2. The number of ether oxygens (including phenoxy) is 1. The number of carbonyl (C=O) groups excluding carboxylic acids is 2. The van der Waals surface area contributed by atoms with E-state index in [1.54, 1.807) is 18.3 Å². The number of hydrogen-bond acceptors (Lipinski definition) is 7. The lowest BCUT2D eigenvalue weighted by Crippen LogP contribution is -2.50. The van der Waals surface area contributed by atoms with Crippen molar-refractivity contribution in [2.75, 3.05) is 12.4 Å². The fourth-order valence-electron chi connectivity index (χ4n) is 2.91. The van der Waals surface area contributed by atoms with Crippen molar-refractivity contribution in [1.29, 1.82) is 0 Å². The first-order chi connectivity index (χ1) is 13.5. The predicted octanol–water partition coefficient (Wildman–Crippen LogP) is 2.47. The highest BCUT2D eigenvalue weighted by Gasteiger charge is 2.31. The van der Waals surface area contributed by atoms with Crippen LogP contribution in [0, 0.1) is 0 Å². The second kappa shape index (κ2) is 9.24. The van der Waals surface area contributed by atoms with Crippen LogP contribution in [0.15, 0.2) is 33.9 Å². The Kier molecular flexibility index (Phi) is 6.74. The van der Waals surface area contributed by atoms with Gasteiger partial charge in [-0.1, -0.05) is 24.8 Å². The van der Waals surface area contributed by atoms with E-state index >= 15 is 0 Å². The van der Waals surface area contributed by atoms with Gasteiger partial charge < -0.3 is 19.9 Å². The minimum Gasteiger partial charge on any atom is -0.463 e. The third-order valence-electron chi connectivity index (χ3n) is 4.33. The molecule has 0 saturated heterocycles. The predicted molar refractivity (Wildman–Crippen MR) is 108 cm³/mol. The molecular weight excluding hydrogens is 398 g/mol. The van der Waals surface area contributed by atoms with Crippen molar-refractivity contribution in [3.63, 3.8) is 0 Å². The minimum absolute atomic E-state index is 0.280. The summed E-state index contributed by atoms with van der Waals surface area (Å²) in [4.78, 5) is 25.6. The summed E-state index contributed by atoms with van der Waals surface area (Å²) in [6.07, 6.45) is 1.32. The first-order valence-corrected chi connectivity index (χ1v) is 10.9. The van der Waals surface area contributed by atoms with E-state index < -0.39 is 5.97 Å². The lowest BCUT2D eigenvalue weighted by molar-refractivity contribution is -0.139. The van der Waals surface area contributed by atoms with Crippen LogP contribution >= 0.6 is 23.1 Å². The standard InChI is InChI=1S/C18H23N5O3S2/c1-4-12-15(16(24)26-5-2)13(20-17(25)19-12)10-28-18-22-21-14(23(18)3)9-11-7-6-8-27-11/h6-8,12H,4-5,9-10H2,1-3H3,(H2,19,20,25)/t12-/m1/s1. The number of carbonyl (C=O) groups is 2. The molecule has 0 radical (unpaired) electrons. The number of rotatable bonds is 8. The Balaban J connectivity index is 1.78. The van der Waals surface area contributed by atoms with Crippen molar-refractivity contribution in [3.8, 4) is 0 Å². The second-order valence-corrected chi connectivity index (χ2v) is 8.15. The lowest BCUT2D eigenvalue weighted by Gasteiger charge is -2.28. The molecule has 0 aromatic carbocycles. The molecule has 0 unspecified atom stereocenters. The first kappa shape index (κ1) is 20.4. The maximum absolute atomic E-state index is 12.4. The number of nitrogens with zero attached hydrogens (tertiary/aromatic N) is 3. The average Bonchev–Trinajstić information content (AvgIpc) is 3.30. The van der Waals surface area contributed by atoms with Crippen LogP contribution in [0.1, 0.15) is 31.0 Å². The highest BCUT2D eigenvalue weighted by Crippen LogP contribution is 2.24. The zero-order valence-electron chi connectivity index (χ0n) is 16.0. The van der Waals surface area contributed by atoms with Crippen molar-refractivity contribution >= 4 is 35.1 Å². The van der Waals surface area contributed by atoms with Crippen molar-refractivity contribution in [1.82, 2.24) is 25.4 Å². The van der Waals surface area contributed by atoms with Crippen molar-refractivity contribution in [2.45, 2.75) is 37.9 Å². The van der Waals surface area contributed by atoms with E-state index in [2.05, 4.69) is 26.9 Å². The smallest absolute Gasteiger partial charge is 0.337 e. The summed E-state index contributed by atoms with van der Waals surface area (Å²) in [5.74, 6) is 0.849. The maximum Gasteiger partial charge on any atom is 0.337 e. The van der Waals surface area contributed by atoms with E-state index in [-0.39, 0.29) is 18.7 Å². The number of thiophene rings is 1. The Labute approximate surface area is 171 Å². The molecular formula is C18H23N5O3S2. The monoisotopic (exact) mass is 421 g/mol. The van der Waals surface area contributed by atoms with Crippen LogP contribution in [0.4, 0.5) is 4.79 Å². The average molecular weight is 422 g/mol. The SMILES string of the molecule is CCOC(=O)C1=C(CSc2nnc(Cc3cccs3)n2C)NC(=O)N[C@@H]1CC. The number of esters is 1.